The minimum atomic E-state index is 0.512. The van der Waals surface area contributed by atoms with Gasteiger partial charge < -0.3 is 5.32 Å². The van der Waals surface area contributed by atoms with E-state index in [1.54, 1.807) is 0 Å². The summed E-state index contributed by atoms with van der Waals surface area (Å²) in [6, 6.07) is 2.65. The lowest BCUT2D eigenvalue weighted by Gasteiger charge is -2.17. The fourth-order valence-corrected chi connectivity index (χ4v) is 1.74. The Morgan fingerprint density at radius 3 is 2.81 bits per heavy atom. The highest BCUT2D eigenvalue weighted by atomic mass is 15.3. The van der Waals surface area contributed by atoms with Gasteiger partial charge in [-0.15, -0.1) is 6.58 Å². The van der Waals surface area contributed by atoms with Crippen molar-refractivity contribution in [1.29, 1.82) is 0 Å². The van der Waals surface area contributed by atoms with E-state index < -0.39 is 0 Å². The van der Waals surface area contributed by atoms with Crippen LogP contribution < -0.4 is 5.32 Å². The van der Waals surface area contributed by atoms with Crippen LogP contribution >= 0.6 is 0 Å². The largest absolute Gasteiger partial charge is 0.368 e. The molecule has 0 aliphatic heterocycles. The van der Waals surface area contributed by atoms with E-state index in [2.05, 4.69) is 36.9 Å². The molecule has 3 heteroatoms. The lowest BCUT2D eigenvalue weighted by Crippen LogP contribution is -2.19. The third-order valence-corrected chi connectivity index (χ3v) is 2.86. The molecule has 0 fully saturated rings. The van der Waals surface area contributed by atoms with Crippen molar-refractivity contribution in [3.8, 4) is 0 Å². The highest BCUT2D eigenvalue weighted by Crippen LogP contribution is 2.14. The van der Waals surface area contributed by atoms with E-state index >= 15 is 0 Å². The Labute approximate surface area is 98.5 Å². The van der Waals surface area contributed by atoms with Gasteiger partial charge in [0.25, 0.3) is 0 Å². The van der Waals surface area contributed by atoms with E-state index in [1.807, 2.05) is 17.8 Å². The normalized spacial score (nSPS) is 12.4. The molecule has 90 valence electrons. The number of allylic oxidation sites excluding steroid dienone is 1. The zero-order valence-corrected chi connectivity index (χ0v) is 10.7. The zero-order valence-electron chi connectivity index (χ0n) is 10.7. The standard InChI is InChI=1S/C13H23N3/c1-5-8-9-11(6-2)14-13-10-12(7-3)15-16(13)4/h5,10-11,14H,1,6-9H2,2-4H3. The van der Waals surface area contributed by atoms with Gasteiger partial charge in [-0.1, -0.05) is 19.9 Å². The minimum Gasteiger partial charge on any atom is -0.368 e. The van der Waals surface area contributed by atoms with Crippen LogP contribution in [0.2, 0.25) is 0 Å². The van der Waals surface area contributed by atoms with Crippen molar-refractivity contribution in [2.45, 2.75) is 45.6 Å². The molecule has 0 amide bonds. The molecule has 16 heavy (non-hydrogen) atoms. The maximum atomic E-state index is 4.43. The second-order valence-electron chi connectivity index (χ2n) is 4.11. The number of aromatic nitrogens is 2. The summed E-state index contributed by atoms with van der Waals surface area (Å²) in [6.07, 6.45) is 6.28. The quantitative estimate of drug-likeness (QED) is 0.717. The van der Waals surface area contributed by atoms with Gasteiger partial charge in [0.15, 0.2) is 0 Å². The molecule has 1 aromatic heterocycles. The van der Waals surface area contributed by atoms with Crippen molar-refractivity contribution in [2.75, 3.05) is 5.32 Å². The molecule has 0 bridgehead atoms. The van der Waals surface area contributed by atoms with E-state index in [4.69, 9.17) is 0 Å². The van der Waals surface area contributed by atoms with Gasteiger partial charge in [0.2, 0.25) is 0 Å². The molecule has 3 nitrogen and oxygen atoms in total. The molecule has 1 atom stereocenters. The minimum absolute atomic E-state index is 0.512. The predicted octanol–water partition coefficient (Wildman–Crippen LogP) is 3.14. The SMILES string of the molecule is C=CCCC(CC)Nc1cc(CC)nn1C. The summed E-state index contributed by atoms with van der Waals surface area (Å²) in [7, 11) is 1.99. The van der Waals surface area contributed by atoms with Crippen LogP contribution in [0.3, 0.4) is 0 Å². The van der Waals surface area contributed by atoms with Crippen LogP contribution in [-0.2, 0) is 13.5 Å². The van der Waals surface area contributed by atoms with Crippen molar-refractivity contribution < 1.29 is 0 Å². The van der Waals surface area contributed by atoms with Crippen molar-refractivity contribution in [2.24, 2.45) is 7.05 Å². The van der Waals surface area contributed by atoms with Gasteiger partial charge in [0.05, 0.1) is 5.69 Å². The molecular weight excluding hydrogens is 198 g/mol. The lowest BCUT2D eigenvalue weighted by atomic mass is 10.1. The zero-order chi connectivity index (χ0) is 12.0. The maximum Gasteiger partial charge on any atom is 0.124 e. The first-order chi connectivity index (χ1) is 7.71. The van der Waals surface area contributed by atoms with E-state index in [0.717, 1.165) is 37.2 Å². The Bertz CT molecular complexity index is 328. The number of nitrogens with one attached hydrogen (secondary N) is 1. The Balaban J connectivity index is 2.61. The number of anilines is 1. The topological polar surface area (TPSA) is 29.9 Å². The molecule has 1 N–H and O–H groups in total. The van der Waals surface area contributed by atoms with Crippen LogP contribution in [0.5, 0.6) is 0 Å². The van der Waals surface area contributed by atoms with Crippen LogP contribution in [0.1, 0.15) is 38.8 Å². The van der Waals surface area contributed by atoms with Crippen LogP contribution in [0.15, 0.2) is 18.7 Å². The van der Waals surface area contributed by atoms with Gasteiger partial charge in [-0.2, -0.15) is 5.10 Å². The van der Waals surface area contributed by atoms with Crippen LogP contribution in [-0.4, -0.2) is 15.8 Å². The van der Waals surface area contributed by atoms with Gasteiger partial charge in [-0.05, 0) is 25.7 Å². The molecule has 0 saturated heterocycles. The lowest BCUT2D eigenvalue weighted by molar-refractivity contribution is 0.628. The molecule has 0 aromatic carbocycles. The first kappa shape index (κ1) is 12.8. The fraction of sp³-hybridized carbons (Fsp3) is 0.615. The summed E-state index contributed by atoms with van der Waals surface area (Å²) in [5, 5.41) is 7.97. The molecule has 0 aliphatic rings. The Morgan fingerprint density at radius 1 is 1.56 bits per heavy atom. The van der Waals surface area contributed by atoms with Gasteiger partial charge in [-0.3, -0.25) is 4.68 Å². The van der Waals surface area contributed by atoms with Gasteiger partial charge in [0, 0.05) is 19.2 Å². The highest BCUT2D eigenvalue weighted by Gasteiger charge is 2.09. The van der Waals surface area contributed by atoms with Crippen molar-refractivity contribution >= 4 is 5.82 Å². The second kappa shape index (κ2) is 6.36. The summed E-state index contributed by atoms with van der Waals surface area (Å²) in [5.74, 6) is 1.12. The smallest absolute Gasteiger partial charge is 0.124 e. The predicted molar refractivity (Wildman–Crippen MR) is 69.7 cm³/mol. The molecule has 1 heterocycles. The number of rotatable bonds is 7. The van der Waals surface area contributed by atoms with Crippen molar-refractivity contribution in [3.05, 3.63) is 24.4 Å². The highest BCUT2D eigenvalue weighted by molar-refractivity contribution is 5.38. The number of aryl methyl sites for hydroxylation is 2. The Kier molecular flexibility index (Phi) is 5.09. The number of hydrogen-bond donors (Lipinski definition) is 1. The van der Waals surface area contributed by atoms with E-state index in [-0.39, 0.29) is 0 Å². The molecule has 1 rings (SSSR count). The average molecular weight is 221 g/mol. The maximum absolute atomic E-state index is 4.43. The first-order valence-electron chi connectivity index (χ1n) is 6.11. The van der Waals surface area contributed by atoms with E-state index in [1.165, 1.54) is 0 Å². The summed E-state index contributed by atoms with van der Waals surface area (Å²) in [5.41, 5.74) is 1.14. The molecular formula is C13H23N3. The molecule has 0 spiro atoms. The molecule has 1 aromatic rings. The summed E-state index contributed by atoms with van der Waals surface area (Å²) >= 11 is 0. The van der Waals surface area contributed by atoms with Gasteiger partial charge in [0.1, 0.15) is 5.82 Å². The fourth-order valence-electron chi connectivity index (χ4n) is 1.74. The summed E-state index contributed by atoms with van der Waals surface area (Å²) in [6.45, 7) is 8.10. The molecule has 0 aliphatic carbocycles. The van der Waals surface area contributed by atoms with Gasteiger partial charge >= 0.3 is 0 Å². The average Bonchev–Trinajstić information content (AvgIpc) is 2.65. The van der Waals surface area contributed by atoms with E-state index in [9.17, 15) is 0 Å². The Morgan fingerprint density at radius 2 is 2.31 bits per heavy atom. The number of hydrogen-bond acceptors (Lipinski definition) is 2. The van der Waals surface area contributed by atoms with Crippen molar-refractivity contribution in [1.82, 2.24) is 9.78 Å². The third kappa shape index (κ3) is 3.40. The van der Waals surface area contributed by atoms with E-state index in [0.29, 0.717) is 6.04 Å². The summed E-state index contributed by atoms with van der Waals surface area (Å²) in [4.78, 5) is 0. The molecule has 0 saturated carbocycles. The van der Waals surface area contributed by atoms with Gasteiger partial charge in [-0.25, -0.2) is 0 Å². The monoisotopic (exact) mass is 221 g/mol. The first-order valence-corrected chi connectivity index (χ1v) is 6.11. The van der Waals surface area contributed by atoms with Crippen molar-refractivity contribution in [3.63, 3.8) is 0 Å². The number of nitrogens with zero attached hydrogens (tertiary/aromatic N) is 2. The van der Waals surface area contributed by atoms with Crippen LogP contribution in [0.25, 0.3) is 0 Å². The van der Waals surface area contributed by atoms with Crippen LogP contribution in [0.4, 0.5) is 5.82 Å². The Hall–Kier alpha value is -1.25. The third-order valence-electron chi connectivity index (χ3n) is 2.86. The molecule has 0 radical (unpaired) electrons. The second-order valence-corrected chi connectivity index (χ2v) is 4.11. The van der Waals surface area contributed by atoms with Crippen LogP contribution in [0, 0.1) is 0 Å². The summed E-state index contributed by atoms with van der Waals surface area (Å²) < 4.78 is 1.93. The molecule has 1 unspecified atom stereocenters.